The van der Waals surface area contributed by atoms with Gasteiger partial charge in [0.25, 0.3) is 0 Å². The van der Waals surface area contributed by atoms with Gasteiger partial charge >= 0.3 is 0 Å². The SMILES string of the molecule is COc1ccc(NC(=O)CSc2cc(C)nc3c(-c4ccc(OC)c(OC)c4)cnn23)c(OC)c1. The van der Waals surface area contributed by atoms with E-state index >= 15 is 0 Å². The molecular weight excluding hydrogens is 468 g/mol. The minimum absolute atomic E-state index is 0.173. The number of nitrogens with one attached hydrogen (secondary N) is 1. The highest BCUT2D eigenvalue weighted by Gasteiger charge is 2.16. The summed E-state index contributed by atoms with van der Waals surface area (Å²) in [6, 6.07) is 12.8. The largest absolute Gasteiger partial charge is 0.497 e. The fraction of sp³-hybridized carbons (Fsp3) is 0.240. The Kier molecular flexibility index (Phi) is 7.31. The highest BCUT2D eigenvalue weighted by molar-refractivity contribution is 7.99. The smallest absolute Gasteiger partial charge is 0.234 e. The van der Waals surface area contributed by atoms with Gasteiger partial charge in [0, 0.05) is 17.3 Å². The molecule has 0 spiro atoms. The molecule has 4 aromatic rings. The summed E-state index contributed by atoms with van der Waals surface area (Å²) in [7, 11) is 6.32. The topological polar surface area (TPSA) is 96.2 Å². The van der Waals surface area contributed by atoms with E-state index < -0.39 is 0 Å². The maximum Gasteiger partial charge on any atom is 0.234 e. The zero-order valence-electron chi connectivity index (χ0n) is 20.1. The molecule has 9 nitrogen and oxygen atoms in total. The standard InChI is InChI=1S/C25H26N4O5S/c1-15-10-24(35-14-23(30)28-19-8-7-17(31-2)12-21(19)33-4)29-25(27-15)18(13-26-29)16-6-9-20(32-3)22(11-16)34-5/h6-13H,14H2,1-5H3,(H,28,30). The van der Waals surface area contributed by atoms with Crippen molar-refractivity contribution in [3.8, 4) is 34.1 Å². The van der Waals surface area contributed by atoms with E-state index in [9.17, 15) is 4.79 Å². The number of thioether (sulfide) groups is 1. The molecule has 0 aliphatic heterocycles. The summed E-state index contributed by atoms with van der Waals surface area (Å²) in [5, 5.41) is 8.23. The van der Waals surface area contributed by atoms with Crippen LogP contribution in [-0.2, 0) is 4.79 Å². The van der Waals surface area contributed by atoms with Crippen LogP contribution in [0.4, 0.5) is 5.69 Å². The predicted molar refractivity (Wildman–Crippen MR) is 135 cm³/mol. The quantitative estimate of drug-likeness (QED) is 0.269. The van der Waals surface area contributed by atoms with E-state index in [2.05, 4.69) is 10.4 Å². The molecule has 0 saturated heterocycles. The molecule has 2 aromatic heterocycles. The number of hydrogen-bond donors (Lipinski definition) is 1. The van der Waals surface area contributed by atoms with Crippen molar-refractivity contribution in [3.63, 3.8) is 0 Å². The Labute approximate surface area is 207 Å². The third-order valence-electron chi connectivity index (χ3n) is 5.30. The molecule has 0 bridgehead atoms. The van der Waals surface area contributed by atoms with Crippen LogP contribution in [0.3, 0.4) is 0 Å². The molecule has 10 heteroatoms. The molecule has 0 fully saturated rings. The van der Waals surface area contributed by atoms with Gasteiger partial charge in [0.2, 0.25) is 5.91 Å². The number of aryl methyl sites for hydroxylation is 1. The number of fused-ring (bicyclic) bond motifs is 1. The van der Waals surface area contributed by atoms with Crippen molar-refractivity contribution in [3.05, 3.63) is 54.4 Å². The molecule has 182 valence electrons. The fourth-order valence-electron chi connectivity index (χ4n) is 3.59. The van der Waals surface area contributed by atoms with Crippen LogP contribution >= 0.6 is 11.8 Å². The summed E-state index contributed by atoms with van der Waals surface area (Å²) in [6.45, 7) is 1.91. The van der Waals surface area contributed by atoms with Crippen LogP contribution in [0.5, 0.6) is 23.0 Å². The molecule has 1 N–H and O–H groups in total. The van der Waals surface area contributed by atoms with Gasteiger partial charge in [-0.3, -0.25) is 4.79 Å². The molecule has 2 aromatic carbocycles. The summed E-state index contributed by atoms with van der Waals surface area (Å²) in [4.78, 5) is 17.4. The van der Waals surface area contributed by atoms with Crippen LogP contribution in [0.25, 0.3) is 16.8 Å². The Morgan fingerprint density at radius 3 is 2.43 bits per heavy atom. The van der Waals surface area contributed by atoms with Crippen molar-refractivity contribution in [2.75, 3.05) is 39.5 Å². The second-order valence-electron chi connectivity index (χ2n) is 7.50. The summed E-state index contributed by atoms with van der Waals surface area (Å²) >= 11 is 1.37. The molecule has 0 aliphatic rings. The van der Waals surface area contributed by atoms with Crippen molar-refractivity contribution in [1.29, 1.82) is 0 Å². The Morgan fingerprint density at radius 2 is 1.71 bits per heavy atom. The number of aromatic nitrogens is 3. The highest BCUT2D eigenvalue weighted by Crippen LogP contribution is 2.35. The lowest BCUT2D eigenvalue weighted by Gasteiger charge is -2.12. The maximum absolute atomic E-state index is 12.7. The van der Waals surface area contributed by atoms with E-state index in [1.165, 1.54) is 11.8 Å². The van der Waals surface area contributed by atoms with Gasteiger partial charge in [0.05, 0.1) is 46.1 Å². The van der Waals surface area contributed by atoms with Crippen molar-refractivity contribution in [2.45, 2.75) is 11.9 Å². The van der Waals surface area contributed by atoms with Gasteiger partial charge < -0.3 is 24.3 Å². The number of hydrogen-bond acceptors (Lipinski definition) is 8. The molecule has 0 radical (unpaired) electrons. The first kappa shape index (κ1) is 24.2. The maximum atomic E-state index is 12.7. The minimum Gasteiger partial charge on any atom is -0.497 e. The van der Waals surface area contributed by atoms with Crippen molar-refractivity contribution in [2.24, 2.45) is 0 Å². The number of methoxy groups -OCH3 is 4. The van der Waals surface area contributed by atoms with Crippen LogP contribution in [0, 0.1) is 6.92 Å². The van der Waals surface area contributed by atoms with E-state index in [4.69, 9.17) is 23.9 Å². The Bertz CT molecular complexity index is 1370. The molecule has 0 saturated carbocycles. The number of carbonyl (C=O) groups excluding carboxylic acids is 1. The van der Waals surface area contributed by atoms with E-state index in [0.29, 0.717) is 34.3 Å². The molecular formula is C25H26N4O5S. The molecule has 4 rings (SSSR count). The van der Waals surface area contributed by atoms with Crippen LogP contribution in [0.1, 0.15) is 5.69 Å². The first-order valence-corrected chi connectivity index (χ1v) is 11.7. The third-order valence-corrected chi connectivity index (χ3v) is 6.29. The zero-order chi connectivity index (χ0) is 24.9. The normalized spacial score (nSPS) is 10.8. The van der Waals surface area contributed by atoms with Gasteiger partial charge in [-0.05, 0) is 42.8 Å². The monoisotopic (exact) mass is 494 g/mol. The van der Waals surface area contributed by atoms with Gasteiger partial charge in [0.15, 0.2) is 17.1 Å². The second-order valence-corrected chi connectivity index (χ2v) is 8.50. The van der Waals surface area contributed by atoms with Crippen molar-refractivity contribution >= 4 is 29.0 Å². The van der Waals surface area contributed by atoms with Gasteiger partial charge in [-0.15, -0.1) is 0 Å². The molecule has 2 heterocycles. The molecule has 1 amide bonds. The van der Waals surface area contributed by atoms with Crippen molar-refractivity contribution in [1.82, 2.24) is 14.6 Å². The zero-order valence-corrected chi connectivity index (χ0v) is 20.9. The lowest BCUT2D eigenvalue weighted by molar-refractivity contribution is -0.113. The van der Waals surface area contributed by atoms with Crippen LogP contribution in [0.2, 0.25) is 0 Å². The van der Waals surface area contributed by atoms with E-state index in [0.717, 1.165) is 21.8 Å². The average Bonchev–Trinajstić information content (AvgIpc) is 3.30. The van der Waals surface area contributed by atoms with Gasteiger partial charge in [-0.2, -0.15) is 5.10 Å². The van der Waals surface area contributed by atoms with Gasteiger partial charge in [-0.25, -0.2) is 9.50 Å². The first-order chi connectivity index (χ1) is 17.0. The minimum atomic E-state index is -0.173. The first-order valence-electron chi connectivity index (χ1n) is 10.7. The Balaban J connectivity index is 1.56. The van der Waals surface area contributed by atoms with Crippen LogP contribution in [0.15, 0.2) is 53.7 Å². The summed E-state index contributed by atoms with van der Waals surface area (Å²) in [5.74, 6) is 2.45. The molecule has 0 aliphatic carbocycles. The number of nitrogens with zero attached hydrogens (tertiary/aromatic N) is 3. The van der Waals surface area contributed by atoms with Crippen molar-refractivity contribution < 1.29 is 23.7 Å². The molecule has 0 unspecified atom stereocenters. The van der Waals surface area contributed by atoms with Crippen LogP contribution < -0.4 is 24.3 Å². The number of benzene rings is 2. The third kappa shape index (κ3) is 5.12. The van der Waals surface area contributed by atoms with E-state index in [1.807, 2.05) is 31.2 Å². The lowest BCUT2D eigenvalue weighted by Crippen LogP contribution is -2.15. The van der Waals surface area contributed by atoms with Gasteiger partial charge in [-0.1, -0.05) is 17.8 Å². The second kappa shape index (κ2) is 10.6. The highest BCUT2D eigenvalue weighted by atomic mass is 32.2. The number of anilines is 1. The van der Waals surface area contributed by atoms with E-state index in [-0.39, 0.29) is 11.7 Å². The fourth-order valence-corrected chi connectivity index (χ4v) is 4.45. The Hall–Kier alpha value is -3.92. The summed E-state index contributed by atoms with van der Waals surface area (Å²) in [5.41, 5.74) is 3.83. The molecule has 0 atom stereocenters. The number of carbonyl (C=O) groups is 1. The van der Waals surface area contributed by atoms with Crippen LogP contribution in [-0.4, -0.2) is 54.7 Å². The predicted octanol–water partition coefficient (Wildman–Crippen LogP) is 4.47. The molecule has 35 heavy (non-hydrogen) atoms. The summed E-state index contributed by atoms with van der Waals surface area (Å²) < 4.78 is 23.1. The summed E-state index contributed by atoms with van der Waals surface area (Å²) in [6.07, 6.45) is 1.76. The van der Waals surface area contributed by atoms with Gasteiger partial charge in [0.1, 0.15) is 16.5 Å². The number of rotatable bonds is 9. The van der Waals surface area contributed by atoms with E-state index in [1.54, 1.807) is 57.4 Å². The number of amides is 1. The number of ether oxygens (including phenoxy) is 4. The Morgan fingerprint density at radius 1 is 0.943 bits per heavy atom. The average molecular weight is 495 g/mol. The lowest BCUT2D eigenvalue weighted by atomic mass is 10.1.